The van der Waals surface area contributed by atoms with Crippen LogP contribution in [0.25, 0.3) is 0 Å². The quantitative estimate of drug-likeness (QED) is 0.881. The summed E-state index contributed by atoms with van der Waals surface area (Å²) in [6, 6.07) is 14.7. The molecular formula is C18H13NO4. The van der Waals surface area contributed by atoms with Gasteiger partial charge in [-0.1, -0.05) is 42.5 Å². The van der Waals surface area contributed by atoms with Crippen molar-refractivity contribution in [2.24, 2.45) is 0 Å². The number of rotatable bonds is 3. The second-order valence-electron chi connectivity index (χ2n) is 5.89. The fraction of sp³-hybridized carbons (Fsp3) is 0.167. The Bertz CT molecular complexity index is 810. The van der Waals surface area contributed by atoms with Crippen LogP contribution >= 0.6 is 0 Å². The number of benzene rings is 2. The smallest absolute Gasteiger partial charge is 0.316 e. The number of carbonyl (C=O) groups excluding carboxylic acids is 2. The van der Waals surface area contributed by atoms with Crippen LogP contribution in [0.1, 0.15) is 32.7 Å². The molecule has 5 heteroatoms. The Balaban J connectivity index is 1.75. The summed E-state index contributed by atoms with van der Waals surface area (Å²) in [5.41, 5.74) is 0.108. The van der Waals surface area contributed by atoms with Crippen LogP contribution in [0, 0.1) is 0 Å². The van der Waals surface area contributed by atoms with Gasteiger partial charge in [-0.25, -0.2) is 0 Å². The predicted molar refractivity (Wildman–Crippen MR) is 81.1 cm³/mol. The molecule has 1 saturated carbocycles. The molecule has 2 aromatic rings. The molecule has 2 atom stereocenters. The summed E-state index contributed by atoms with van der Waals surface area (Å²) in [6.07, 6.45) is 0.248. The number of aliphatic carboxylic acids is 1. The molecule has 0 bridgehead atoms. The van der Waals surface area contributed by atoms with Gasteiger partial charge in [0.25, 0.3) is 11.8 Å². The number of carbonyl (C=O) groups is 3. The SMILES string of the molecule is O=C1c2ccccc2C(=O)N1C1CC1(C(=O)O)c1ccccc1. The Morgan fingerprint density at radius 3 is 2.00 bits per heavy atom. The van der Waals surface area contributed by atoms with E-state index in [0.29, 0.717) is 16.7 Å². The van der Waals surface area contributed by atoms with Crippen LogP contribution in [-0.2, 0) is 10.2 Å². The highest BCUT2D eigenvalue weighted by molar-refractivity contribution is 6.22. The van der Waals surface area contributed by atoms with Crippen LogP contribution < -0.4 is 0 Å². The second-order valence-corrected chi connectivity index (χ2v) is 5.89. The number of carboxylic acids is 1. The molecule has 4 rings (SSSR count). The molecule has 1 N–H and O–H groups in total. The minimum Gasteiger partial charge on any atom is -0.481 e. The number of amides is 2. The first-order chi connectivity index (χ1) is 11.1. The fourth-order valence-electron chi connectivity index (χ4n) is 3.45. The molecule has 2 aromatic carbocycles. The first kappa shape index (κ1) is 13.7. The molecule has 114 valence electrons. The van der Waals surface area contributed by atoms with E-state index in [4.69, 9.17) is 0 Å². The summed E-state index contributed by atoms with van der Waals surface area (Å²) in [4.78, 5) is 38.1. The minimum atomic E-state index is -1.20. The summed E-state index contributed by atoms with van der Waals surface area (Å²) in [5, 5.41) is 9.73. The lowest BCUT2D eigenvalue weighted by atomic mass is 9.95. The zero-order valence-corrected chi connectivity index (χ0v) is 12.1. The minimum absolute atomic E-state index is 0.248. The van der Waals surface area contributed by atoms with Gasteiger partial charge in [-0.2, -0.15) is 0 Å². The average Bonchev–Trinajstić information content (AvgIpc) is 3.27. The summed E-state index contributed by atoms with van der Waals surface area (Å²) >= 11 is 0. The summed E-state index contributed by atoms with van der Waals surface area (Å²) in [7, 11) is 0. The van der Waals surface area contributed by atoms with E-state index in [1.807, 2.05) is 0 Å². The first-order valence-corrected chi connectivity index (χ1v) is 7.33. The molecule has 2 amide bonds. The van der Waals surface area contributed by atoms with Gasteiger partial charge in [0.1, 0.15) is 5.41 Å². The third-order valence-corrected chi connectivity index (χ3v) is 4.73. The maximum atomic E-state index is 12.5. The molecule has 1 heterocycles. The van der Waals surface area contributed by atoms with E-state index in [1.165, 1.54) is 0 Å². The van der Waals surface area contributed by atoms with Gasteiger partial charge in [0.05, 0.1) is 17.2 Å². The molecular weight excluding hydrogens is 294 g/mol. The fourth-order valence-corrected chi connectivity index (χ4v) is 3.45. The van der Waals surface area contributed by atoms with Crippen molar-refractivity contribution in [3.63, 3.8) is 0 Å². The number of imide groups is 1. The highest BCUT2D eigenvalue weighted by Gasteiger charge is 2.67. The Kier molecular flexibility index (Phi) is 2.69. The zero-order chi connectivity index (χ0) is 16.2. The molecule has 5 nitrogen and oxygen atoms in total. The van der Waals surface area contributed by atoms with Crippen molar-refractivity contribution in [3.05, 3.63) is 71.3 Å². The van der Waals surface area contributed by atoms with Crippen molar-refractivity contribution in [1.29, 1.82) is 0 Å². The van der Waals surface area contributed by atoms with Gasteiger partial charge in [-0.05, 0) is 24.1 Å². The molecule has 2 unspecified atom stereocenters. The van der Waals surface area contributed by atoms with E-state index in [-0.39, 0.29) is 6.42 Å². The largest absolute Gasteiger partial charge is 0.481 e. The molecule has 23 heavy (non-hydrogen) atoms. The van der Waals surface area contributed by atoms with Crippen LogP contribution in [-0.4, -0.2) is 33.8 Å². The Labute approximate surface area is 132 Å². The van der Waals surface area contributed by atoms with E-state index in [0.717, 1.165) is 4.90 Å². The average molecular weight is 307 g/mol. The molecule has 0 aromatic heterocycles. The number of hydrogen-bond acceptors (Lipinski definition) is 3. The highest BCUT2D eigenvalue weighted by Crippen LogP contribution is 2.53. The number of hydrogen-bond donors (Lipinski definition) is 1. The van der Waals surface area contributed by atoms with Gasteiger partial charge in [0.2, 0.25) is 0 Å². The van der Waals surface area contributed by atoms with Crippen molar-refractivity contribution in [2.75, 3.05) is 0 Å². The molecule has 1 fully saturated rings. The summed E-state index contributed by atoms with van der Waals surface area (Å²) < 4.78 is 0. The van der Waals surface area contributed by atoms with Crippen LogP contribution in [0.3, 0.4) is 0 Å². The standard InChI is InChI=1S/C18H13NO4/c20-15-12-8-4-5-9-13(12)16(21)19(15)14-10-18(14,17(22)23)11-6-2-1-3-7-11/h1-9,14H,10H2,(H,22,23). The van der Waals surface area contributed by atoms with Crippen LogP contribution in [0.4, 0.5) is 0 Å². The van der Waals surface area contributed by atoms with Gasteiger partial charge >= 0.3 is 5.97 Å². The van der Waals surface area contributed by atoms with Gasteiger partial charge in [-0.15, -0.1) is 0 Å². The number of carboxylic acid groups (broad SMARTS) is 1. The van der Waals surface area contributed by atoms with Crippen molar-refractivity contribution in [3.8, 4) is 0 Å². The van der Waals surface area contributed by atoms with E-state index in [1.54, 1.807) is 54.6 Å². The molecule has 0 radical (unpaired) electrons. The van der Waals surface area contributed by atoms with Crippen molar-refractivity contribution < 1.29 is 19.5 Å². The van der Waals surface area contributed by atoms with Crippen molar-refractivity contribution in [1.82, 2.24) is 4.90 Å². The maximum Gasteiger partial charge on any atom is 0.316 e. The normalized spacial score (nSPS) is 25.4. The van der Waals surface area contributed by atoms with Crippen molar-refractivity contribution >= 4 is 17.8 Å². The van der Waals surface area contributed by atoms with E-state index < -0.39 is 29.2 Å². The highest BCUT2D eigenvalue weighted by atomic mass is 16.4. The number of fused-ring (bicyclic) bond motifs is 1. The van der Waals surface area contributed by atoms with E-state index in [2.05, 4.69) is 0 Å². The lowest BCUT2D eigenvalue weighted by molar-refractivity contribution is -0.140. The van der Waals surface area contributed by atoms with Gasteiger partial charge in [0, 0.05) is 0 Å². The Morgan fingerprint density at radius 2 is 1.48 bits per heavy atom. The number of nitrogens with zero attached hydrogens (tertiary/aromatic N) is 1. The zero-order valence-electron chi connectivity index (χ0n) is 12.1. The maximum absolute atomic E-state index is 12.5. The van der Waals surface area contributed by atoms with Crippen LogP contribution in [0.5, 0.6) is 0 Å². The third-order valence-electron chi connectivity index (χ3n) is 4.73. The lowest BCUT2D eigenvalue weighted by Gasteiger charge is -2.19. The monoisotopic (exact) mass is 307 g/mol. The van der Waals surface area contributed by atoms with Crippen LogP contribution in [0.2, 0.25) is 0 Å². The third kappa shape index (κ3) is 1.70. The van der Waals surface area contributed by atoms with Crippen molar-refractivity contribution in [2.45, 2.75) is 17.9 Å². The van der Waals surface area contributed by atoms with Gasteiger partial charge in [-0.3, -0.25) is 19.3 Å². The second kappa shape index (κ2) is 4.52. The lowest BCUT2D eigenvalue weighted by Crippen LogP contribution is -2.39. The topological polar surface area (TPSA) is 74.7 Å². The van der Waals surface area contributed by atoms with E-state index >= 15 is 0 Å². The summed E-state index contributed by atoms with van der Waals surface area (Å²) in [6.45, 7) is 0. The Morgan fingerprint density at radius 1 is 0.957 bits per heavy atom. The van der Waals surface area contributed by atoms with E-state index in [9.17, 15) is 19.5 Å². The van der Waals surface area contributed by atoms with Gasteiger partial charge in [0.15, 0.2) is 0 Å². The Hall–Kier alpha value is -2.95. The molecule has 1 aliphatic carbocycles. The first-order valence-electron chi connectivity index (χ1n) is 7.33. The molecule has 2 aliphatic rings. The van der Waals surface area contributed by atoms with Crippen LogP contribution in [0.15, 0.2) is 54.6 Å². The van der Waals surface area contributed by atoms with Gasteiger partial charge < -0.3 is 5.11 Å². The predicted octanol–water partition coefficient (Wildman–Crippen LogP) is 2.08. The summed E-state index contributed by atoms with van der Waals surface area (Å²) in [5.74, 6) is -1.82. The molecule has 0 spiro atoms. The molecule has 1 aliphatic heterocycles. The molecule has 0 saturated heterocycles.